The zero-order valence-electron chi connectivity index (χ0n) is 21.7. The molecule has 12 heteroatoms. The van der Waals surface area contributed by atoms with Gasteiger partial charge in [0, 0.05) is 13.0 Å². The Morgan fingerprint density at radius 3 is 2.17 bits per heavy atom. The largest absolute Gasteiger partial charge is 0.469 e. The van der Waals surface area contributed by atoms with E-state index in [-0.39, 0.29) is 19.4 Å². The van der Waals surface area contributed by atoms with Gasteiger partial charge in [0.25, 0.3) is 0 Å². The van der Waals surface area contributed by atoms with Crippen molar-refractivity contribution in [1.82, 2.24) is 10.6 Å². The number of hydrogen-bond acceptors (Lipinski definition) is 10. The van der Waals surface area contributed by atoms with Crippen molar-refractivity contribution in [2.24, 2.45) is 0 Å². The first-order valence-electron chi connectivity index (χ1n) is 11.8. The fourth-order valence-electron chi connectivity index (χ4n) is 4.35. The maximum Gasteiger partial charge on any atom is 0.407 e. The van der Waals surface area contributed by atoms with Crippen LogP contribution in [0.15, 0.2) is 0 Å². The molecule has 0 radical (unpaired) electrons. The SMILES string of the molecule is COC(=O)CCNC(=O)C[C@H](NC(=O)OC(C)(C)C)[C@H]1O[C@@H]2OC(C)(C)O[C@@H]2[C@H]2OC(C)(C)O[C@H]21. The van der Waals surface area contributed by atoms with Crippen molar-refractivity contribution in [2.45, 2.75) is 115 Å². The van der Waals surface area contributed by atoms with Crippen LogP contribution in [0.4, 0.5) is 4.79 Å². The highest BCUT2D eigenvalue weighted by Crippen LogP contribution is 2.45. The average molecular weight is 503 g/mol. The predicted octanol–water partition coefficient (Wildman–Crippen LogP) is 1.35. The van der Waals surface area contributed by atoms with Crippen LogP contribution in [0.25, 0.3) is 0 Å². The van der Waals surface area contributed by atoms with Gasteiger partial charge in [-0.2, -0.15) is 0 Å². The van der Waals surface area contributed by atoms with Crippen molar-refractivity contribution in [3.63, 3.8) is 0 Å². The number of amides is 2. The third-order valence-electron chi connectivity index (χ3n) is 5.57. The maximum atomic E-state index is 12.7. The number of rotatable bonds is 7. The van der Waals surface area contributed by atoms with Gasteiger partial charge in [-0.15, -0.1) is 0 Å². The van der Waals surface area contributed by atoms with Crippen LogP contribution in [0.1, 0.15) is 61.3 Å². The van der Waals surface area contributed by atoms with E-state index in [1.807, 2.05) is 0 Å². The molecule has 0 aromatic heterocycles. The van der Waals surface area contributed by atoms with Crippen molar-refractivity contribution >= 4 is 18.0 Å². The molecule has 3 heterocycles. The molecule has 35 heavy (non-hydrogen) atoms. The van der Waals surface area contributed by atoms with Crippen LogP contribution in [0.5, 0.6) is 0 Å². The Hall–Kier alpha value is -1.99. The van der Waals surface area contributed by atoms with Crippen LogP contribution in [-0.2, 0) is 42.7 Å². The van der Waals surface area contributed by atoms with Gasteiger partial charge in [0.05, 0.1) is 19.6 Å². The van der Waals surface area contributed by atoms with Gasteiger partial charge in [0.15, 0.2) is 17.9 Å². The highest BCUT2D eigenvalue weighted by atomic mass is 16.9. The van der Waals surface area contributed by atoms with Crippen molar-refractivity contribution < 1.29 is 47.5 Å². The van der Waals surface area contributed by atoms with Crippen LogP contribution in [0.3, 0.4) is 0 Å². The van der Waals surface area contributed by atoms with E-state index in [9.17, 15) is 14.4 Å². The van der Waals surface area contributed by atoms with Crippen molar-refractivity contribution in [3.05, 3.63) is 0 Å². The predicted molar refractivity (Wildman–Crippen MR) is 120 cm³/mol. The smallest absolute Gasteiger partial charge is 0.407 e. The summed E-state index contributed by atoms with van der Waals surface area (Å²) in [5.41, 5.74) is -0.750. The Labute approximate surface area is 205 Å². The molecule has 200 valence electrons. The number of carbonyl (C=O) groups is 3. The molecule has 3 saturated heterocycles. The summed E-state index contributed by atoms with van der Waals surface area (Å²) in [5, 5.41) is 5.41. The lowest BCUT2D eigenvalue weighted by Crippen LogP contribution is -2.62. The third-order valence-corrected chi connectivity index (χ3v) is 5.57. The molecule has 2 N–H and O–H groups in total. The molecule has 0 bridgehead atoms. The highest BCUT2D eigenvalue weighted by Gasteiger charge is 2.62. The lowest BCUT2D eigenvalue weighted by atomic mass is 9.92. The van der Waals surface area contributed by atoms with Crippen molar-refractivity contribution in [1.29, 1.82) is 0 Å². The van der Waals surface area contributed by atoms with E-state index in [0.717, 1.165) is 0 Å². The molecule has 0 unspecified atom stereocenters. The standard InChI is InChI=1S/C23H38N2O10/c1-21(2,3)35-20(28)25-12(11-13(26)24-10-9-14(27)29-8)15-16-17(32-22(4,5)31-16)18-19(30-15)34-23(6,7)33-18/h12,15-19H,9-11H2,1-8H3,(H,24,26)(H,25,28)/t12-,15+,16-,17-,18+,19+/m0/s1. The Balaban J connectivity index is 1.80. The molecule has 2 amide bonds. The second-order valence-electron chi connectivity index (χ2n) is 10.8. The van der Waals surface area contributed by atoms with Crippen LogP contribution in [-0.4, -0.2) is 85.5 Å². The molecule has 6 atom stereocenters. The summed E-state index contributed by atoms with van der Waals surface area (Å²) in [5.74, 6) is -2.71. The van der Waals surface area contributed by atoms with Gasteiger partial charge in [-0.1, -0.05) is 0 Å². The normalized spacial score (nSPS) is 31.6. The van der Waals surface area contributed by atoms with E-state index in [4.69, 9.17) is 28.4 Å². The lowest BCUT2D eigenvalue weighted by molar-refractivity contribution is -0.239. The number of carbonyl (C=O) groups excluding carboxylic acids is 3. The number of ether oxygens (including phenoxy) is 7. The third kappa shape index (κ3) is 7.26. The molecule has 3 aliphatic heterocycles. The number of esters is 1. The number of hydrogen-bond donors (Lipinski definition) is 2. The Bertz CT molecular complexity index is 809. The fraction of sp³-hybridized carbons (Fsp3) is 0.870. The molecule has 0 spiro atoms. The number of alkyl carbamates (subject to hydrolysis) is 1. The van der Waals surface area contributed by atoms with Crippen LogP contribution >= 0.6 is 0 Å². The molecule has 0 aromatic carbocycles. The molecule has 12 nitrogen and oxygen atoms in total. The van der Waals surface area contributed by atoms with Gasteiger partial charge in [0.2, 0.25) is 5.91 Å². The van der Waals surface area contributed by atoms with Crippen LogP contribution < -0.4 is 10.6 Å². The van der Waals surface area contributed by atoms with E-state index in [1.54, 1.807) is 48.5 Å². The fourth-order valence-corrected chi connectivity index (χ4v) is 4.35. The molecule has 0 saturated carbocycles. The van der Waals surface area contributed by atoms with Gasteiger partial charge in [-0.3, -0.25) is 9.59 Å². The van der Waals surface area contributed by atoms with Gasteiger partial charge in [0.1, 0.15) is 30.0 Å². The Morgan fingerprint density at radius 1 is 0.943 bits per heavy atom. The summed E-state index contributed by atoms with van der Waals surface area (Å²) < 4.78 is 40.5. The molecule has 0 aromatic rings. The summed E-state index contributed by atoms with van der Waals surface area (Å²) >= 11 is 0. The Morgan fingerprint density at radius 2 is 1.54 bits per heavy atom. The van der Waals surface area contributed by atoms with E-state index >= 15 is 0 Å². The van der Waals surface area contributed by atoms with Gasteiger partial charge in [-0.05, 0) is 48.5 Å². The van der Waals surface area contributed by atoms with Gasteiger partial charge < -0.3 is 43.8 Å². The van der Waals surface area contributed by atoms with Crippen molar-refractivity contribution in [3.8, 4) is 0 Å². The quantitative estimate of drug-likeness (QED) is 0.490. The first kappa shape index (κ1) is 27.6. The summed E-state index contributed by atoms with van der Waals surface area (Å²) in [6, 6.07) is -0.860. The molecular formula is C23H38N2O10. The minimum atomic E-state index is -0.943. The van der Waals surface area contributed by atoms with Crippen molar-refractivity contribution in [2.75, 3.05) is 13.7 Å². The zero-order chi connectivity index (χ0) is 26.2. The van der Waals surface area contributed by atoms with Crippen LogP contribution in [0, 0.1) is 0 Å². The molecule has 0 aliphatic carbocycles. The maximum absolute atomic E-state index is 12.7. The van der Waals surface area contributed by atoms with E-state index in [2.05, 4.69) is 15.4 Å². The molecule has 3 rings (SSSR count). The molecular weight excluding hydrogens is 464 g/mol. The second-order valence-corrected chi connectivity index (χ2v) is 10.8. The number of fused-ring (bicyclic) bond motifs is 3. The first-order valence-corrected chi connectivity index (χ1v) is 11.8. The molecule has 3 aliphatic rings. The van der Waals surface area contributed by atoms with E-state index < -0.39 is 71.9 Å². The molecule has 3 fully saturated rings. The minimum Gasteiger partial charge on any atom is -0.469 e. The van der Waals surface area contributed by atoms with Crippen LogP contribution in [0.2, 0.25) is 0 Å². The topological polar surface area (TPSA) is 140 Å². The lowest BCUT2D eigenvalue weighted by Gasteiger charge is -2.41. The van der Waals surface area contributed by atoms with Gasteiger partial charge in [-0.25, -0.2) is 4.79 Å². The number of methoxy groups -OCH3 is 1. The zero-order valence-corrected chi connectivity index (χ0v) is 21.7. The average Bonchev–Trinajstić information content (AvgIpc) is 3.18. The summed E-state index contributed by atoms with van der Waals surface area (Å²) in [7, 11) is 1.27. The summed E-state index contributed by atoms with van der Waals surface area (Å²) in [4.78, 5) is 36.8. The summed E-state index contributed by atoms with van der Waals surface area (Å²) in [6.45, 7) is 12.4. The summed E-state index contributed by atoms with van der Waals surface area (Å²) in [6.07, 6.45) is -4.24. The minimum absolute atomic E-state index is 0.0200. The highest BCUT2D eigenvalue weighted by molar-refractivity contribution is 5.78. The van der Waals surface area contributed by atoms with E-state index in [0.29, 0.717) is 0 Å². The monoisotopic (exact) mass is 502 g/mol. The number of nitrogens with one attached hydrogen (secondary N) is 2. The van der Waals surface area contributed by atoms with E-state index in [1.165, 1.54) is 7.11 Å². The Kier molecular flexibility index (Phi) is 8.02. The van der Waals surface area contributed by atoms with Gasteiger partial charge >= 0.3 is 12.1 Å². The second kappa shape index (κ2) is 10.2. The first-order chi connectivity index (χ1) is 16.1.